The Bertz CT molecular complexity index is 962. The molecule has 27 heavy (non-hydrogen) atoms. The molecular weight excluding hydrogens is 340 g/mol. The normalized spacial score (nSPS) is 16.9. The lowest BCUT2D eigenvalue weighted by Crippen LogP contribution is -2.33. The zero-order valence-corrected chi connectivity index (χ0v) is 15.2. The summed E-state index contributed by atoms with van der Waals surface area (Å²) in [6, 6.07) is 15.6. The molecule has 6 nitrogen and oxygen atoms in total. The second kappa shape index (κ2) is 7.23. The molecule has 6 heteroatoms. The Balaban J connectivity index is 1.41. The van der Waals surface area contributed by atoms with Gasteiger partial charge in [-0.05, 0) is 30.2 Å². The van der Waals surface area contributed by atoms with Crippen molar-refractivity contribution in [1.29, 1.82) is 0 Å². The molecule has 0 saturated carbocycles. The van der Waals surface area contributed by atoms with Crippen molar-refractivity contribution < 1.29 is 9.59 Å². The van der Waals surface area contributed by atoms with E-state index in [2.05, 4.69) is 22.2 Å². The van der Waals surface area contributed by atoms with Crippen molar-refractivity contribution in [1.82, 2.24) is 15.3 Å². The summed E-state index contributed by atoms with van der Waals surface area (Å²) in [6.07, 6.45) is 1.09. The first-order chi connectivity index (χ1) is 13.2. The fourth-order valence-electron chi connectivity index (χ4n) is 3.59. The molecule has 2 amide bonds. The molecule has 1 atom stereocenters. The monoisotopic (exact) mass is 362 g/mol. The van der Waals surface area contributed by atoms with Gasteiger partial charge in [0.05, 0.1) is 23.5 Å². The van der Waals surface area contributed by atoms with Crippen LogP contribution in [0.4, 0.5) is 5.69 Å². The summed E-state index contributed by atoms with van der Waals surface area (Å²) in [5.41, 5.74) is 3.85. The van der Waals surface area contributed by atoms with Crippen LogP contribution in [0.2, 0.25) is 0 Å². The molecule has 1 aromatic heterocycles. The molecule has 1 fully saturated rings. The first-order valence-corrected chi connectivity index (χ1v) is 9.25. The summed E-state index contributed by atoms with van der Waals surface area (Å²) >= 11 is 0. The van der Waals surface area contributed by atoms with Crippen molar-refractivity contribution in [2.75, 3.05) is 11.4 Å². The van der Waals surface area contributed by atoms with Gasteiger partial charge in [-0.1, -0.05) is 37.3 Å². The molecule has 1 aliphatic rings. The van der Waals surface area contributed by atoms with Gasteiger partial charge in [0.1, 0.15) is 5.82 Å². The Morgan fingerprint density at radius 2 is 2.00 bits per heavy atom. The van der Waals surface area contributed by atoms with Crippen molar-refractivity contribution in [3.8, 4) is 0 Å². The molecule has 138 valence electrons. The van der Waals surface area contributed by atoms with Crippen molar-refractivity contribution in [3.05, 3.63) is 59.9 Å². The van der Waals surface area contributed by atoms with Gasteiger partial charge in [-0.3, -0.25) is 9.59 Å². The van der Waals surface area contributed by atoms with E-state index in [4.69, 9.17) is 0 Å². The maximum absolute atomic E-state index is 12.6. The predicted octanol–water partition coefficient (Wildman–Crippen LogP) is 2.79. The highest BCUT2D eigenvalue weighted by Gasteiger charge is 2.35. The lowest BCUT2D eigenvalue weighted by molar-refractivity contribution is -0.126. The highest BCUT2D eigenvalue weighted by atomic mass is 16.2. The first-order valence-electron chi connectivity index (χ1n) is 9.25. The van der Waals surface area contributed by atoms with E-state index >= 15 is 0 Å². The number of imidazole rings is 1. The topological polar surface area (TPSA) is 78.1 Å². The molecule has 1 unspecified atom stereocenters. The molecule has 4 rings (SSSR count). The van der Waals surface area contributed by atoms with Crippen LogP contribution in [0.25, 0.3) is 11.0 Å². The largest absolute Gasteiger partial charge is 0.349 e. The minimum absolute atomic E-state index is 0.000197. The van der Waals surface area contributed by atoms with Gasteiger partial charge in [-0.15, -0.1) is 0 Å². The first kappa shape index (κ1) is 17.3. The van der Waals surface area contributed by atoms with Crippen molar-refractivity contribution >= 4 is 28.5 Å². The molecule has 2 aromatic carbocycles. The summed E-state index contributed by atoms with van der Waals surface area (Å²) in [5, 5.41) is 2.91. The number of carbonyl (C=O) groups is 2. The summed E-state index contributed by atoms with van der Waals surface area (Å²) in [5.74, 6) is 0.258. The zero-order chi connectivity index (χ0) is 18.8. The number of anilines is 1. The van der Waals surface area contributed by atoms with Gasteiger partial charge in [-0.25, -0.2) is 4.98 Å². The van der Waals surface area contributed by atoms with Gasteiger partial charge in [-0.2, -0.15) is 0 Å². The number of aromatic amines is 1. The van der Waals surface area contributed by atoms with Gasteiger partial charge in [0.25, 0.3) is 0 Å². The summed E-state index contributed by atoms with van der Waals surface area (Å²) in [4.78, 5) is 34.5. The third kappa shape index (κ3) is 3.43. The Morgan fingerprint density at radius 1 is 1.22 bits per heavy atom. The number of benzene rings is 2. The standard InChI is InChI=1S/C21H22N4O2/c1-2-14-7-3-6-10-18(14)25-13-15(11-20(25)26)21(27)22-12-19-23-16-8-4-5-9-17(16)24-19/h3-10,15H,2,11-13H2,1H3,(H,22,27)(H,23,24). The van der Waals surface area contributed by atoms with E-state index in [0.717, 1.165) is 28.7 Å². The van der Waals surface area contributed by atoms with Crippen LogP contribution in [0.15, 0.2) is 48.5 Å². The molecule has 0 aliphatic carbocycles. The molecule has 1 aliphatic heterocycles. The van der Waals surface area contributed by atoms with Gasteiger partial charge in [0.15, 0.2) is 0 Å². The number of amides is 2. The molecule has 1 saturated heterocycles. The van der Waals surface area contributed by atoms with Crippen molar-refractivity contribution in [2.24, 2.45) is 5.92 Å². The number of aryl methyl sites for hydroxylation is 1. The molecule has 3 aromatic rings. The number of aromatic nitrogens is 2. The summed E-state index contributed by atoms with van der Waals surface area (Å²) in [6.45, 7) is 2.81. The van der Waals surface area contributed by atoms with Crippen molar-refractivity contribution in [3.63, 3.8) is 0 Å². The smallest absolute Gasteiger partial charge is 0.227 e. The quantitative estimate of drug-likeness (QED) is 0.733. The van der Waals surface area contributed by atoms with Crippen LogP contribution in [-0.2, 0) is 22.6 Å². The van der Waals surface area contributed by atoms with Gasteiger partial charge in [0.2, 0.25) is 11.8 Å². The number of fused-ring (bicyclic) bond motifs is 1. The average Bonchev–Trinajstić information content (AvgIpc) is 3.29. The molecule has 0 bridgehead atoms. The zero-order valence-electron chi connectivity index (χ0n) is 15.2. The second-order valence-electron chi connectivity index (χ2n) is 6.81. The second-order valence-corrected chi connectivity index (χ2v) is 6.81. The number of hydrogen-bond acceptors (Lipinski definition) is 3. The van der Waals surface area contributed by atoms with Crippen LogP contribution in [0, 0.1) is 5.92 Å². The Kier molecular flexibility index (Phi) is 4.62. The van der Waals surface area contributed by atoms with E-state index in [1.54, 1.807) is 4.90 Å². The number of hydrogen-bond donors (Lipinski definition) is 2. The van der Waals surface area contributed by atoms with Crippen LogP contribution in [0.5, 0.6) is 0 Å². The van der Waals surface area contributed by atoms with Gasteiger partial charge >= 0.3 is 0 Å². The van der Waals surface area contributed by atoms with E-state index < -0.39 is 0 Å². The molecular formula is C21H22N4O2. The number of para-hydroxylation sites is 3. The van der Waals surface area contributed by atoms with Crippen LogP contribution < -0.4 is 10.2 Å². The fourth-order valence-corrected chi connectivity index (χ4v) is 3.59. The summed E-state index contributed by atoms with van der Waals surface area (Å²) in [7, 11) is 0. The van der Waals surface area contributed by atoms with E-state index in [1.807, 2.05) is 48.5 Å². The van der Waals surface area contributed by atoms with Crippen molar-refractivity contribution in [2.45, 2.75) is 26.3 Å². The molecule has 2 heterocycles. The fraction of sp³-hybridized carbons (Fsp3) is 0.286. The summed E-state index contributed by atoms with van der Waals surface area (Å²) < 4.78 is 0. The van der Waals surface area contributed by atoms with Crippen LogP contribution in [-0.4, -0.2) is 28.3 Å². The third-order valence-corrected chi connectivity index (χ3v) is 5.03. The van der Waals surface area contributed by atoms with E-state index in [9.17, 15) is 9.59 Å². The number of nitrogens with one attached hydrogen (secondary N) is 2. The SMILES string of the molecule is CCc1ccccc1N1CC(C(=O)NCc2nc3ccccc3[nH]2)CC1=O. The van der Waals surface area contributed by atoms with Gasteiger partial charge < -0.3 is 15.2 Å². The Labute approximate surface area is 157 Å². The predicted molar refractivity (Wildman–Crippen MR) is 104 cm³/mol. The number of nitrogens with zero attached hydrogens (tertiary/aromatic N) is 2. The van der Waals surface area contributed by atoms with E-state index in [0.29, 0.717) is 18.9 Å². The third-order valence-electron chi connectivity index (χ3n) is 5.03. The molecule has 0 spiro atoms. The Morgan fingerprint density at radius 3 is 2.81 bits per heavy atom. The minimum atomic E-state index is -0.341. The molecule has 0 radical (unpaired) electrons. The van der Waals surface area contributed by atoms with E-state index in [-0.39, 0.29) is 24.2 Å². The van der Waals surface area contributed by atoms with Crippen LogP contribution >= 0.6 is 0 Å². The van der Waals surface area contributed by atoms with Crippen LogP contribution in [0.1, 0.15) is 24.7 Å². The maximum Gasteiger partial charge on any atom is 0.227 e. The highest BCUT2D eigenvalue weighted by molar-refractivity contribution is 6.00. The number of carbonyl (C=O) groups excluding carboxylic acids is 2. The number of H-pyrrole nitrogens is 1. The van der Waals surface area contributed by atoms with Crippen LogP contribution in [0.3, 0.4) is 0 Å². The lowest BCUT2D eigenvalue weighted by atomic mass is 10.1. The minimum Gasteiger partial charge on any atom is -0.349 e. The highest BCUT2D eigenvalue weighted by Crippen LogP contribution is 2.28. The number of rotatable bonds is 5. The lowest BCUT2D eigenvalue weighted by Gasteiger charge is -2.19. The maximum atomic E-state index is 12.6. The Hall–Kier alpha value is -3.15. The van der Waals surface area contributed by atoms with Gasteiger partial charge in [0, 0.05) is 18.7 Å². The average molecular weight is 362 g/mol. The molecule has 2 N–H and O–H groups in total. The van der Waals surface area contributed by atoms with E-state index in [1.165, 1.54) is 0 Å².